The number of Topliss-reactive ketones (excluding diaryl/α,β-unsaturated/α-hetero) is 1. The highest BCUT2D eigenvalue weighted by molar-refractivity contribution is 5.86. The summed E-state index contributed by atoms with van der Waals surface area (Å²) in [6, 6.07) is 10.4. The summed E-state index contributed by atoms with van der Waals surface area (Å²) in [5.41, 5.74) is 1.28. The van der Waals surface area contributed by atoms with Gasteiger partial charge < -0.3 is 5.32 Å². The van der Waals surface area contributed by atoms with Crippen LogP contribution in [0.5, 0.6) is 0 Å². The molecule has 1 fully saturated rings. The van der Waals surface area contributed by atoms with Gasteiger partial charge in [0.1, 0.15) is 0 Å². The molecule has 2 rings (SSSR count). The molecule has 19 heavy (non-hydrogen) atoms. The van der Waals surface area contributed by atoms with Crippen LogP contribution in [0.3, 0.4) is 0 Å². The quantitative estimate of drug-likeness (QED) is 0.899. The van der Waals surface area contributed by atoms with E-state index in [-0.39, 0.29) is 6.04 Å². The van der Waals surface area contributed by atoms with Crippen molar-refractivity contribution in [2.45, 2.75) is 32.9 Å². The van der Waals surface area contributed by atoms with Gasteiger partial charge in [0.25, 0.3) is 0 Å². The molecule has 0 spiro atoms. The molecule has 3 nitrogen and oxygen atoms in total. The number of carbonyl (C=O) groups is 1. The highest BCUT2D eigenvalue weighted by atomic mass is 16.1. The Morgan fingerprint density at radius 1 is 1.32 bits per heavy atom. The standard InChI is InChI=1S/C16H24N2O/c1-13(2)10-15-16(19)12-18(9-8-17-15)11-14-6-4-3-5-7-14/h3-7,13,15,17H,8-12H2,1-2H3. The molecule has 0 bridgehead atoms. The summed E-state index contributed by atoms with van der Waals surface area (Å²) in [4.78, 5) is 14.5. The Morgan fingerprint density at radius 2 is 2.05 bits per heavy atom. The summed E-state index contributed by atoms with van der Waals surface area (Å²) in [5.74, 6) is 0.893. The summed E-state index contributed by atoms with van der Waals surface area (Å²) >= 11 is 0. The number of benzene rings is 1. The second-order valence-electron chi connectivity index (χ2n) is 5.80. The van der Waals surface area contributed by atoms with Gasteiger partial charge in [-0.2, -0.15) is 0 Å². The minimum absolute atomic E-state index is 0.0424. The van der Waals surface area contributed by atoms with Gasteiger partial charge in [0.05, 0.1) is 12.6 Å². The SMILES string of the molecule is CC(C)CC1NCCN(Cc2ccccc2)CC1=O. The lowest BCUT2D eigenvalue weighted by Gasteiger charge is -2.19. The van der Waals surface area contributed by atoms with Gasteiger partial charge in [0, 0.05) is 19.6 Å². The Kier molecular flexibility index (Phi) is 5.11. The second-order valence-corrected chi connectivity index (χ2v) is 5.80. The fourth-order valence-electron chi connectivity index (χ4n) is 2.58. The monoisotopic (exact) mass is 260 g/mol. The van der Waals surface area contributed by atoms with Crippen LogP contribution in [0.1, 0.15) is 25.8 Å². The third kappa shape index (κ3) is 4.44. The molecule has 3 heteroatoms. The van der Waals surface area contributed by atoms with Crippen LogP contribution >= 0.6 is 0 Å². The molecular formula is C16H24N2O. The van der Waals surface area contributed by atoms with Crippen molar-refractivity contribution in [3.05, 3.63) is 35.9 Å². The first-order valence-electron chi connectivity index (χ1n) is 7.17. The number of nitrogens with zero attached hydrogens (tertiary/aromatic N) is 1. The van der Waals surface area contributed by atoms with Gasteiger partial charge in [-0.25, -0.2) is 0 Å². The molecule has 1 saturated heterocycles. The van der Waals surface area contributed by atoms with Crippen molar-refractivity contribution < 1.29 is 4.79 Å². The number of carbonyl (C=O) groups excluding carboxylic acids is 1. The maximum atomic E-state index is 12.2. The molecule has 1 aliphatic rings. The largest absolute Gasteiger partial charge is 0.306 e. The van der Waals surface area contributed by atoms with Gasteiger partial charge in [-0.3, -0.25) is 9.69 Å². The minimum Gasteiger partial charge on any atom is -0.306 e. The van der Waals surface area contributed by atoms with E-state index in [1.165, 1.54) is 5.56 Å². The molecule has 1 aromatic carbocycles. The molecule has 0 aromatic heterocycles. The molecule has 0 amide bonds. The molecule has 0 aliphatic carbocycles. The van der Waals surface area contributed by atoms with Gasteiger partial charge in [-0.1, -0.05) is 44.2 Å². The van der Waals surface area contributed by atoms with E-state index < -0.39 is 0 Å². The predicted molar refractivity (Wildman–Crippen MR) is 78.0 cm³/mol. The Morgan fingerprint density at radius 3 is 2.74 bits per heavy atom. The molecule has 1 heterocycles. The van der Waals surface area contributed by atoms with Gasteiger partial charge in [-0.15, -0.1) is 0 Å². The number of hydrogen-bond acceptors (Lipinski definition) is 3. The van der Waals surface area contributed by atoms with Crippen LogP contribution in [0.25, 0.3) is 0 Å². The van der Waals surface area contributed by atoms with E-state index in [1.807, 2.05) is 6.07 Å². The second kappa shape index (κ2) is 6.83. The summed E-state index contributed by atoms with van der Waals surface area (Å²) < 4.78 is 0. The van der Waals surface area contributed by atoms with Crippen LogP contribution in [0.4, 0.5) is 0 Å². The third-order valence-electron chi connectivity index (χ3n) is 3.54. The molecule has 0 saturated carbocycles. The van der Waals surface area contributed by atoms with E-state index in [0.29, 0.717) is 18.2 Å². The maximum absolute atomic E-state index is 12.2. The maximum Gasteiger partial charge on any atom is 0.163 e. The zero-order valence-electron chi connectivity index (χ0n) is 11.9. The van der Waals surface area contributed by atoms with Gasteiger partial charge in [0.15, 0.2) is 5.78 Å². The van der Waals surface area contributed by atoms with Gasteiger partial charge in [-0.05, 0) is 17.9 Å². The predicted octanol–water partition coefficient (Wildman–Crippen LogP) is 2.08. The summed E-state index contributed by atoms with van der Waals surface area (Å²) in [7, 11) is 0. The Bertz CT molecular complexity index is 402. The average Bonchev–Trinajstić information content (AvgIpc) is 2.53. The van der Waals surface area contributed by atoms with E-state index in [1.54, 1.807) is 0 Å². The zero-order chi connectivity index (χ0) is 13.7. The minimum atomic E-state index is 0.0424. The Hall–Kier alpha value is -1.19. The number of ketones is 1. The topological polar surface area (TPSA) is 32.3 Å². The third-order valence-corrected chi connectivity index (χ3v) is 3.54. The van der Waals surface area contributed by atoms with Gasteiger partial charge >= 0.3 is 0 Å². The number of rotatable bonds is 4. The van der Waals surface area contributed by atoms with E-state index >= 15 is 0 Å². The van der Waals surface area contributed by atoms with Crippen molar-refractivity contribution in [3.63, 3.8) is 0 Å². The molecule has 1 atom stereocenters. The van der Waals surface area contributed by atoms with Crippen LogP contribution in [-0.2, 0) is 11.3 Å². The van der Waals surface area contributed by atoms with E-state index in [4.69, 9.17) is 0 Å². The highest BCUT2D eigenvalue weighted by Gasteiger charge is 2.24. The Labute approximate surface area is 116 Å². The first-order chi connectivity index (χ1) is 9.15. The normalized spacial score (nSPS) is 21.6. The Balaban J connectivity index is 1.93. The lowest BCUT2D eigenvalue weighted by Crippen LogP contribution is -2.38. The lowest BCUT2D eigenvalue weighted by atomic mass is 10.0. The van der Waals surface area contributed by atoms with Crippen molar-refractivity contribution in [2.24, 2.45) is 5.92 Å². The molecule has 1 aromatic rings. The van der Waals surface area contributed by atoms with Crippen LogP contribution in [-0.4, -0.2) is 36.4 Å². The van der Waals surface area contributed by atoms with Crippen molar-refractivity contribution >= 4 is 5.78 Å². The summed E-state index contributed by atoms with van der Waals surface area (Å²) in [6.45, 7) is 7.61. The van der Waals surface area contributed by atoms with E-state index in [9.17, 15) is 4.79 Å². The fourth-order valence-corrected chi connectivity index (χ4v) is 2.58. The van der Waals surface area contributed by atoms with Crippen LogP contribution < -0.4 is 5.32 Å². The number of hydrogen-bond donors (Lipinski definition) is 1. The van der Waals surface area contributed by atoms with Crippen molar-refractivity contribution in [3.8, 4) is 0 Å². The fraction of sp³-hybridized carbons (Fsp3) is 0.562. The van der Waals surface area contributed by atoms with Crippen LogP contribution in [0.15, 0.2) is 30.3 Å². The summed E-state index contributed by atoms with van der Waals surface area (Å²) in [5, 5.41) is 3.39. The lowest BCUT2D eigenvalue weighted by molar-refractivity contribution is -0.121. The average molecular weight is 260 g/mol. The molecule has 104 valence electrons. The molecule has 0 radical (unpaired) electrons. The van der Waals surface area contributed by atoms with Crippen molar-refractivity contribution in [1.82, 2.24) is 10.2 Å². The first-order valence-corrected chi connectivity index (χ1v) is 7.17. The highest BCUT2D eigenvalue weighted by Crippen LogP contribution is 2.11. The van der Waals surface area contributed by atoms with Crippen molar-refractivity contribution in [2.75, 3.05) is 19.6 Å². The molecular weight excluding hydrogens is 236 g/mol. The number of nitrogens with one attached hydrogen (secondary N) is 1. The molecule has 1 unspecified atom stereocenters. The molecule has 1 aliphatic heterocycles. The van der Waals surface area contributed by atoms with Crippen LogP contribution in [0, 0.1) is 5.92 Å². The van der Waals surface area contributed by atoms with Gasteiger partial charge in [0.2, 0.25) is 0 Å². The smallest absolute Gasteiger partial charge is 0.163 e. The van der Waals surface area contributed by atoms with E-state index in [2.05, 4.69) is 48.3 Å². The van der Waals surface area contributed by atoms with Crippen LogP contribution in [0.2, 0.25) is 0 Å². The van der Waals surface area contributed by atoms with Crippen molar-refractivity contribution in [1.29, 1.82) is 0 Å². The summed E-state index contributed by atoms with van der Waals surface area (Å²) in [6.07, 6.45) is 0.942. The molecule has 1 N–H and O–H groups in total. The van der Waals surface area contributed by atoms with E-state index in [0.717, 1.165) is 26.1 Å². The zero-order valence-corrected chi connectivity index (χ0v) is 11.9. The first kappa shape index (κ1) is 14.2.